The summed E-state index contributed by atoms with van der Waals surface area (Å²) in [6.45, 7) is 3.16. The van der Waals surface area contributed by atoms with E-state index in [9.17, 15) is 4.79 Å². The maximum atomic E-state index is 9.84. The molecule has 0 aromatic heterocycles. The first-order valence-corrected chi connectivity index (χ1v) is 3.86. The number of carbonyl (C=O) groups excluding carboxylic acids is 1. The van der Waals surface area contributed by atoms with Gasteiger partial charge in [-0.2, -0.15) is 0 Å². The molecule has 0 amide bonds. The lowest BCUT2D eigenvalue weighted by molar-refractivity contribution is -0.134. The zero-order chi connectivity index (χ0) is 9.49. The van der Waals surface area contributed by atoms with Gasteiger partial charge >= 0.3 is 13.8 Å². The minimum absolute atomic E-state index is 0.394. The van der Waals surface area contributed by atoms with E-state index in [1.165, 1.54) is 7.11 Å². The van der Waals surface area contributed by atoms with Crippen LogP contribution in [0.5, 0.6) is 0 Å². The van der Waals surface area contributed by atoms with Gasteiger partial charge in [0.05, 0.1) is 7.11 Å². The summed E-state index contributed by atoms with van der Waals surface area (Å²) < 4.78 is 13.0. The molecule has 0 heterocycles. The lowest BCUT2D eigenvalue weighted by atomic mass is 10.7. The fourth-order valence-corrected chi connectivity index (χ4v) is 0.0833. The van der Waals surface area contributed by atoms with Crippen LogP contribution >= 0.6 is 7.82 Å². The Morgan fingerprint density at radius 2 is 1.82 bits per heavy atom. The monoisotopic (exact) mass is 184 g/mol. The van der Waals surface area contributed by atoms with Gasteiger partial charge in [0.15, 0.2) is 0 Å². The molecule has 6 nitrogen and oxygen atoms in total. The molecule has 66 valence electrons. The van der Waals surface area contributed by atoms with Crippen LogP contribution in [0.2, 0.25) is 0 Å². The third-order valence-electron chi connectivity index (χ3n) is 0.368. The van der Waals surface area contributed by atoms with Gasteiger partial charge in [-0.1, -0.05) is 6.58 Å². The molecule has 0 rings (SSSR count). The van der Waals surface area contributed by atoms with Gasteiger partial charge in [-0.25, -0.2) is 9.36 Å². The minimum Gasteiger partial charge on any atom is -0.466 e. The first kappa shape index (κ1) is 12.9. The average Bonchev–Trinajstić information content (AvgIpc) is 1.83. The third-order valence-corrected chi connectivity index (χ3v) is 0.368. The van der Waals surface area contributed by atoms with Crippen LogP contribution in [0.4, 0.5) is 0 Å². The number of rotatable bonds is 1. The van der Waals surface area contributed by atoms with Gasteiger partial charge in [-0.3, -0.25) is 0 Å². The molecule has 7 heteroatoms. The summed E-state index contributed by atoms with van der Waals surface area (Å²) in [4.78, 5) is 31.4. The molecule has 0 aromatic carbocycles. The van der Waals surface area contributed by atoms with Crippen LogP contribution in [0.25, 0.3) is 0 Å². The molecule has 11 heavy (non-hydrogen) atoms. The molecule has 0 radical (unpaired) electrons. The Kier molecular flexibility index (Phi) is 7.13. The van der Waals surface area contributed by atoms with E-state index < -0.39 is 13.8 Å². The van der Waals surface area contributed by atoms with Gasteiger partial charge in [0.2, 0.25) is 0 Å². The van der Waals surface area contributed by atoms with E-state index in [0.29, 0.717) is 0 Å². The predicted molar refractivity (Wildman–Crippen MR) is 36.5 cm³/mol. The second-order valence-electron chi connectivity index (χ2n) is 1.24. The summed E-state index contributed by atoms with van der Waals surface area (Å²) in [6, 6.07) is 0. The van der Waals surface area contributed by atoms with Crippen molar-refractivity contribution in [3.63, 3.8) is 0 Å². The van der Waals surface area contributed by atoms with E-state index in [-0.39, 0.29) is 0 Å². The van der Waals surface area contributed by atoms with E-state index in [0.717, 1.165) is 6.08 Å². The number of hydrogen-bond donors (Lipinski definition) is 3. The maximum absolute atomic E-state index is 9.84. The zero-order valence-corrected chi connectivity index (χ0v) is 6.69. The van der Waals surface area contributed by atoms with Crippen molar-refractivity contribution in [3.05, 3.63) is 12.7 Å². The highest BCUT2D eigenvalue weighted by atomic mass is 31.2. The molecular formula is C4H9O6P. The predicted octanol–water partition coefficient (Wildman–Crippen LogP) is -0.583. The number of carbonyl (C=O) groups is 1. The van der Waals surface area contributed by atoms with Crippen molar-refractivity contribution < 1.29 is 28.8 Å². The zero-order valence-electron chi connectivity index (χ0n) is 5.80. The van der Waals surface area contributed by atoms with Crippen molar-refractivity contribution in [1.29, 1.82) is 0 Å². The molecule has 0 fully saturated rings. The minimum atomic E-state index is -4.64. The van der Waals surface area contributed by atoms with Gasteiger partial charge in [-0.15, -0.1) is 0 Å². The Morgan fingerprint density at radius 1 is 1.55 bits per heavy atom. The highest BCUT2D eigenvalue weighted by Gasteiger charge is 2.00. The van der Waals surface area contributed by atoms with E-state index in [1.54, 1.807) is 0 Å². The Balaban J connectivity index is 0. The van der Waals surface area contributed by atoms with Gasteiger partial charge in [0.1, 0.15) is 0 Å². The van der Waals surface area contributed by atoms with Crippen molar-refractivity contribution in [3.8, 4) is 0 Å². The number of hydrogen-bond acceptors (Lipinski definition) is 3. The summed E-state index contributed by atoms with van der Waals surface area (Å²) >= 11 is 0. The average molecular weight is 184 g/mol. The van der Waals surface area contributed by atoms with E-state index in [2.05, 4.69) is 11.3 Å². The van der Waals surface area contributed by atoms with Crippen LogP contribution < -0.4 is 0 Å². The third kappa shape index (κ3) is 45.3. The Hall–Kier alpha value is -0.680. The van der Waals surface area contributed by atoms with Crippen LogP contribution in [0.15, 0.2) is 12.7 Å². The van der Waals surface area contributed by atoms with Crippen LogP contribution in [-0.2, 0) is 14.1 Å². The molecule has 0 atom stereocenters. The van der Waals surface area contributed by atoms with E-state index in [4.69, 9.17) is 19.2 Å². The fraction of sp³-hybridized carbons (Fsp3) is 0.250. The maximum Gasteiger partial charge on any atom is 0.466 e. The SMILES string of the molecule is C=CC(=O)OC.O=P(O)(O)O. The Bertz CT molecular complexity index is 161. The molecule has 0 aromatic rings. The number of phosphoric acid groups is 1. The summed E-state index contributed by atoms with van der Waals surface area (Å²) in [5.41, 5.74) is 0. The van der Waals surface area contributed by atoms with Crippen LogP contribution in [0.1, 0.15) is 0 Å². The van der Waals surface area contributed by atoms with Gasteiger partial charge in [0.25, 0.3) is 0 Å². The fourth-order valence-electron chi connectivity index (χ4n) is 0.0833. The summed E-state index contributed by atoms with van der Waals surface area (Å²) in [5, 5.41) is 0. The molecule has 0 saturated heterocycles. The lowest BCUT2D eigenvalue weighted by Crippen LogP contribution is -1.91. The molecule has 0 spiro atoms. The largest absolute Gasteiger partial charge is 0.466 e. The molecule has 0 unspecified atom stereocenters. The molecule has 0 saturated carbocycles. The summed E-state index contributed by atoms with van der Waals surface area (Å²) in [5.74, 6) is -0.394. The van der Waals surface area contributed by atoms with Crippen molar-refractivity contribution in [1.82, 2.24) is 0 Å². The normalized spacial score (nSPS) is 9.09. The molecule has 0 aliphatic carbocycles. The van der Waals surface area contributed by atoms with Crippen LogP contribution in [0, 0.1) is 0 Å². The van der Waals surface area contributed by atoms with Crippen molar-refractivity contribution in [2.45, 2.75) is 0 Å². The van der Waals surface area contributed by atoms with Crippen molar-refractivity contribution in [2.24, 2.45) is 0 Å². The standard InChI is InChI=1S/C4H6O2.H3O4P/c1-3-4(5)6-2;1-5(2,3)4/h3H,1H2,2H3;(H3,1,2,3,4). The van der Waals surface area contributed by atoms with Gasteiger partial charge in [0, 0.05) is 6.08 Å². The Morgan fingerprint density at radius 3 is 1.82 bits per heavy atom. The molecule has 0 bridgehead atoms. The first-order chi connectivity index (χ1) is 4.81. The topological polar surface area (TPSA) is 104 Å². The number of methoxy groups -OCH3 is 1. The van der Waals surface area contributed by atoms with Gasteiger partial charge in [-0.05, 0) is 0 Å². The first-order valence-electron chi connectivity index (χ1n) is 2.30. The Labute approximate surface area is 63.4 Å². The van der Waals surface area contributed by atoms with Crippen molar-refractivity contribution in [2.75, 3.05) is 7.11 Å². The molecule has 0 aliphatic heterocycles. The summed E-state index contributed by atoms with van der Waals surface area (Å²) in [6.07, 6.45) is 1.11. The molecular weight excluding hydrogens is 175 g/mol. The quantitative estimate of drug-likeness (QED) is 0.286. The van der Waals surface area contributed by atoms with E-state index in [1.807, 2.05) is 0 Å². The molecule has 3 N–H and O–H groups in total. The van der Waals surface area contributed by atoms with Crippen molar-refractivity contribution >= 4 is 13.8 Å². The van der Waals surface area contributed by atoms with Gasteiger partial charge < -0.3 is 19.4 Å². The smallest absolute Gasteiger partial charge is 0.466 e. The second kappa shape index (κ2) is 6.06. The highest BCUT2D eigenvalue weighted by molar-refractivity contribution is 7.45. The van der Waals surface area contributed by atoms with Crippen LogP contribution in [-0.4, -0.2) is 27.8 Å². The van der Waals surface area contributed by atoms with Crippen LogP contribution in [0.3, 0.4) is 0 Å². The second-order valence-corrected chi connectivity index (χ2v) is 2.27. The van der Waals surface area contributed by atoms with E-state index >= 15 is 0 Å². The lowest BCUT2D eigenvalue weighted by Gasteiger charge is -1.83. The highest BCUT2D eigenvalue weighted by Crippen LogP contribution is 2.25. The summed E-state index contributed by atoms with van der Waals surface area (Å²) in [7, 11) is -3.33. The number of esters is 1. The molecule has 0 aliphatic rings. The number of ether oxygens (including phenoxy) is 1.